The largest absolute Gasteiger partial charge is 0.476 e. The van der Waals surface area contributed by atoms with Gasteiger partial charge < -0.3 is 5.11 Å². The molecule has 2 rings (SSSR count). The lowest BCUT2D eigenvalue weighted by atomic mass is 10.1. The zero-order valence-corrected chi connectivity index (χ0v) is 11.8. The number of halogens is 1. The van der Waals surface area contributed by atoms with Crippen LogP contribution in [0.4, 0.5) is 0 Å². The number of benzene rings is 1. The Balaban J connectivity index is 2.59. The first-order valence-electron chi connectivity index (χ1n) is 6.00. The Morgan fingerprint density at radius 3 is 2.58 bits per heavy atom. The van der Waals surface area contributed by atoms with Crippen LogP contribution < -0.4 is 0 Å². The molecule has 0 fully saturated rings. The summed E-state index contributed by atoms with van der Waals surface area (Å²) in [5.74, 6) is -0.862. The van der Waals surface area contributed by atoms with E-state index < -0.39 is 5.97 Å². The third-order valence-corrected chi connectivity index (χ3v) is 3.35. The van der Waals surface area contributed by atoms with Crippen LogP contribution in [-0.2, 0) is 0 Å². The van der Waals surface area contributed by atoms with Gasteiger partial charge in [-0.2, -0.15) is 5.10 Å². The summed E-state index contributed by atoms with van der Waals surface area (Å²) in [5, 5.41) is 13.8. The molecule has 19 heavy (non-hydrogen) atoms. The Morgan fingerprint density at radius 1 is 1.37 bits per heavy atom. The van der Waals surface area contributed by atoms with Crippen molar-refractivity contribution in [2.75, 3.05) is 0 Å². The molecule has 0 bridgehead atoms. The van der Waals surface area contributed by atoms with Crippen molar-refractivity contribution in [3.63, 3.8) is 0 Å². The molecule has 4 nitrogen and oxygen atoms in total. The highest BCUT2D eigenvalue weighted by Crippen LogP contribution is 2.24. The van der Waals surface area contributed by atoms with E-state index in [1.807, 2.05) is 32.9 Å². The van der Waals surface area contributed by atoms with Crippen LogP contribution in [0.3, 0.4) is 0 Å². The van der Waals surface area contributed by atoms with Crippen molar-refractivity contribution in [2.24, 2.45) is 0 Å². The molecule has 2 aromatic rings. The third-order valence-electron chi connectivity index (χ3n) is 2.95. The maximum atomic E-state index is 11.0. The fraction of sp³-hybridized carbons (Fsp3) is 0.286. The van der Waals surface area contributed by atoms with Gasteiger partial charge in [-0.15, -0.1) is 0 Å². The van der Waals surface area contributed by atoms with Gasteiger partial charge in [0.25, 0.3) is 0 Å². The summed E-state index contributed by atoms with van der Waals surface area (Å²) in [6.07, 6.45) is 0. The highest BCUT2D eigenvalue weighted by Gasteiger charge is 2.16. The fourth-order valence-electron chi connectivity index (χ4n) is 1.83. The zero-order chi connectivity index (χ0) is 14.2. The lowest BCUT2D eigenvalue weighted by Crippen LogP contribution is -2.05. The summed E-state index contributed by atoms with van der Waals surface area (Å²) in [7, 11) is 0. The van der Waals surface area contributed by atoms with E-state index in [0.717, 1.165) is 16.9 Å². The van der Waals surface area contributed by atoms with Gasteiger partial charge in [-0.25, -0.2) is 9.48 Å². The second-order valence-corrected chi connectivity index (χ2v) is 5.17. The van der Waals surface area contributed by atoms with Crippen LogP contribution in [0.25, 0.3) is 5.69 Å². The van der Waals surface area contributed by atoms with Crippen LogP contribution in [0.15, 0.2) is 24.3 Å². The van der Waals surface area contributed by atoms with E-state index in [-0.39, 0.29) is 11.6 Å². The first-order chi connectivity index (χ1) is 8.90. The average Bonchev–Trinajstić information content (AvgIpc) is 2.78. The number of hydrogen-bond donors (Lipinski definition) is 1. The number of aromatic nitrogens is 2. The minimum Gasteiger partial charge on any atom is -0.476 e. The molecule has 0 aliphatic rings. The van der Waals surface area contributed by atoms with E-state index in [1.54, 1.807) is 16.8 Å². The van der Waals surface area contributed by atoms with Gasteiger partial charge in [0.2, 0.25) is 0 Å². The Kier molecular flexibility index (Phi) is 3.62. The third kappa shape index (κ3) is 2.63. The topological polar surface area (TPSA) is 55.1 Å². The van der Waals surface area contributed by atoms with Crippen LogP contribution in [0.1, 0.15) is 41.5 Å². The lowest BCUT2D eigenvalue weighted by Gasteiger charge is -2.10. The standard InChI is InChI=1S/C14H15ClN2O2/c1-8(2)13-7-12(14(18)19)16-17(13)10-5-4-9(3)11(15)6-10/h4-8H,1-3H3,(H,18,19). The van der Waals surface area contributed by atoms with Crippen molar-refractivity contribution in [3.05, 3.63) is 46.2 Å². The second kappa shape index (κ2) is 5.05. The molecule has 1 heterocycles. The van der Waals surface area contributed by atoms with Gasteiger partial charge in [-0.05, 0) is 36.6 Å². The number of carboxylic acids is 1. The molecular weight excluding hydrogens is 264 g/mol. The number of rotatable bonds is 3. The maximum absolute atomic E-state index is 11.0. The van der Waals surface area contributed by atoms with E-state index >= 15 is 0 Å². The molecule has 0 atom stereocenters. The Bertz CT molecular complexity index is 632. The molecular formula is C14H15ClN2O2. The highest BCUT2D eigenvalue weighted by atomic mass is 35.5. The predicted molar refractivity (Wildman–Crippen MR) is 74.4 cm³/mol. The van der Waals surface area contributed by atoms with Gasteiger partial charge in [0, 0.05) is 10.7 Å². The lowest BCUT2D eigenvalue weighted by molar-refractivity contribution is 0.0690. The quantitative estimate of drug-likeness (QED) is 0.932. The summed E-state index contributed by atoms with van der Waals surface area (Å²) >= 11 is 6.11. The molecule has 0 unspecified atom stereocenters. The molecule has 0 spiro atoms. The molecule has 0 amide bonds. The predicted octanol–water partition coefficient (Wildman–Crippen LogP) is 3.66. The van der Waals surface area contributed by atoms with E-state index in [0.29, 0.717) is 5.02 Å². The van der Waals surface area contributed by atoms with E-state index in [4.69, 9.17) is 16.7 Å². The summed E-state index contributed by atoms with van der Waals surface area (Å²) in [4.78, 5) is 11.0. The molecule has 1 aromatic carbocycles. The molecule has 100 valence electrons. The van der Waals surface area contributed by atoms with Crippen LogP contribution in [0, 0.1) is 6.92 Å². The van der Waals surface area contributed by atoms with Crippen LogP contribution in [0.2, 0.25) is 5.02 Å². The first-order valence-corrected chi connectivity index (χ1v) is 6.37. The van der Waals surface area contributed by atoms with Crippen molar-refractivity contribution < 1.29 is 9.90 Å². The summed E-state index contributed by atoms with van der Waals surface area (Å²) in [6.45, 7) is 5.91. The minimum atomic E-state index is -1.03. The van der Waals surface area contributed by atoms with Crippen molar-refractivity contribution >= 4 is 17.6 Å². The van der Waals surface area contributed by atoms with E-state index in [9.17, 15) is 4.79 Å². The maximum Gasteiger partial charge on any atom is 0.356 e. The van der Waals surface area contributed by atoms with E-state index in [2.05, 4.69) is 5.10 Å². The monoisotopic (exact) mass is 278 g/mol. The van der Waals surface area contributed by atoms with Crippen LogP contribution in [-0.4, -0.2) is 20.9 Å². The van der Waals surface area contributed by atoms with Crippen molar-refractivity contribution in [1.82, 2.24) is 9.78 Å². The van der Waals surface area contributed by atoms with Gasteiger partial charge >= 0.3 is 5.97 Å². The average molecular weight is 279 g/mol. The molecule has 0 radical (unpaired) electrons. The molecule has 5 heteroatoms. The molecule has 0 aliphatic carbocycles. The van der Waals surface area contributed by atoms with Crippen LogP contribution >= 0.6 is 11.6 Å². The molecule has 1 aromatic heterocycles. The number of aryl methyl sites for hydroxylation is 1. The van der Waals surface area contributed by atoms with Gasteiger partial charge in [0.05, 0.1) is 5.69 Å². The zero-order valence-electron chi connectivity index (χ0n) is 11.0. The van der Waals surface area contributed by atoms with Gasteiger partial charge in [0.15, 0.2) is 5.69 Å². The summed E-state index contributed by atoms with van der Waals surface area (Å²) in [6, 6.07) is 7.16. The van der Waals surface area contributed by atoms with Crippen molar-refractivity contribution in [2.45, 2.75) is 26.7 Å². The number of aromatic carboxylic acids is 1. The highest BCUT2D eigenvalue weighted by molar-refractivity contribution is 6.31. The Labute approximate surface area is 116 Å². The fourth-order valence-corrected chi connectivity index (χ4v) is 2.01. The van der Waals surface area contributed by atoms with Crippen molar-refractivity contribution in [3.8, 4) is 5.69 Å². The summed E-state index contributed by atoms with van der Waals surface area (Å²) < 4.78 is 1.64. The molecule has 1 N–H and O–H groups in total. The Hall–Kier alpha value is -1.81. The van der Waals surface area contributed by atoms with Crippen LogP contribution in [0.5, 0.6) is 0 Å². The molecule has 0 saturated heterocycles. The number of carbonyl (C=O) groups is 1. The molecule has 0 aliphatic heterocycles. The number of nitrogens with zero attached hydrogens (tertiary/aromatic N) is 2. The SMILES string of the molecule is Cc1ccc(-n2nc(C(=O)O)cc2C(C)C)cc1Cl. The second-order valence-electron chi connectivity index (χ2n) is 4.76. The van der Waals surface area contributed by atoms with Gasteiger partial charge in [-0.3, -0.25) is 0 Å². The van der Waals surface area contributed by atoms with Crippen molar-refractivity contribution in [1.29, 1.82) is 0 Å². The number of carboxylic acid groups (broad SMARTS) is 1. The Morgan fingerprint density at radius 2 is 2.05 bits per heavy atom. The smallest absolute Gasteiger partial charge is 0.356 e. The first kappa shape index (κ1) is 13.6. The molecule has 0 saturated carbocycles. The van der Waals surface area contributed by atoms with Gasteiger partial charge in [0.1, 0.15) is 0 Å². The van der Waals surface area contributed by atoms with E-state index in [1.165, 1.54) is 0 Å². The minimum absolute atomic E-state index is 0.0420. The summed E-state index contributed by atoms with van der Waals surface area (Å²) in [5.41, 5.74) is 2.63. The normalized spacial score (nSPS) is 11.0. The van der Waals surface area contributed by atoms with Gasteiger partial charge in [-0.1, -0.05) is 31.5 Å². The number of hydrogen-bond acceptors (Lipinski definition) is 2.